The van der Waals surface area contributed by atoms with Gasteiger partial charge in [0.15, 0.2) is 0 Å². The average Bonchev–Trinajstić information content (AvgIpc) is 3.29. The molecule has 2 fully saturated rings. The number of carbonyl (C=O) groups excluding carboxylic acids is 1. The Balaban J connectivity index is 1.77. The fourth-order valence-corrected chi connectivity index (χ4v) is 4.98. The number of nitrogens with two attached hydrogens (primary N) is 2. The molecule has 2 aliphatic carbocycles. The molecule has 4 nitrogen and oxygen atoms in total. The van der Waals surface area contributed by atoms with Gasteiger partial charge in [-0.1, -0.05) is 19.9 Å². The minimum absolute atomic E-state index is 0.0494. The third kappa shape index (κ3) is 2.18. The van der Waals surface area contributed by atoms with E-state index in [-0.39, 0.29) is 5.41 Å². The summed E-state index contributed by atoms with van der Waals surface area (Å²) in [4.78, 5) is 14.4. The third-order valence-electron chi connectivity index (χ3n) is 6.76. The number of hydrogen-bond acceptors (Lipinski definition) is 3. The van der Waals surface area contributed by atoms with E-state index in [1.54, 1.807) is 0 Å². The monoisotopic (exact) mass is 313 g/mol. The van der Waals surface area contributed by atoms with Crippen LogP contribution in [0.1, 0.15) is 54.6 Å². The van der Waals surface area contributed by atoms with Crippen molar-refractivity contribution < 1.29 is 4.79 Å². The van der Waals surface area contributed by atoms with Gasteiger partial charge in [0.1, 0.15) is 0 Å². The highest BCUT2D eigenvalue weighted by Gasteiger charge is 2.50. The van der Waals surface area contributed by atoms with Gasteiger partial charge in [-0.3, -0.25) is 9.69 Å². The van der Waals surface area contributed by atoms with Crippen LogP contribution >= 0.6 is 0 Å². The summed E-state index contributed by atoms with van der Waals surface area (Å²) in [6.45, 7) is 7.10. The van der Waals surface area contributed by atoms with Gasteiger partial charge < -0.3 is 11.5 Å². The number of rotatable bonds is 3. The van der Waals surface area contributed by atoms with Crippen LogP contribution in [0.2, 0.25) is 0 Å². The summed E-state index contributed by atoms with van der Waals surface area (Å²) in [5.74, 6) is 1.05. The highest BCUT2D eigenvalue weighted by atomic mass is 16.1. The molecule has 3 atom stereocenters. The van der Waals surface area contributed by atoms with Crippen LogP contribution in [-0.4, -0.2) is 29.9 Å². The first kappa shape index (κ1) is 15.0. The molecule has 1 aromatic rings. The van der Waals surface area contributed by atoms with Crippen molar-refractivity contribution in [2.24, 2.45) is 17.6 Å². The largest absolute Gasteiger partial charge is 0.398 e. The quantitative estimate of drug-likeness (QED) is 0.841. The molecule has 1 heterocycles. The predicted molar refractivity (Wildman–Crippen MR) is 92.3 cm³/mol. The molecule has 0 spiro atoms. The zero-order chi connectivity index (χ0) is 16.4. The van der Waals surface area contributed by atoms with Crippen molar-refractivity contribution in [3.8, 4) is 0 Å². The molecule has 0 aromatic heterocycles. The van der Waals surface area contributed by atoms with Crippen LogP contribution in [0.15, 0.2) is 12.1 Å². The van der Waals surface area contributed by atoms with Gasteiger partial charge in [-0.15, -0.1) is 0 Å². The van der Waals surface area contributed by atoms with Crippen molar-refractivity contribution in [2.75, 3.05) is 18.8 Å². The lowest BCUT2D eigenvalue weighted by atomic mass is 9.58. The first-order valence-corrected chi connectivity index (χ1v) is 8.87. The van der Waals surface area contributed by atoms with E-state index in [2.05, 4.69) is 24.8 Å². The topological polar surface area (TPSA) is 72.3 Å². The summed E-state index contributed by atoms with van der Waals surface area (Å²) < 4.78 is 0. The van der Waals surface area contributed by atoms with E-state index < -0.39 is 5.91 Å². The Morgan fingerprint density at radius 2 is 2.13 bits per heavy atom. The molecular formula is C19H27N3O. The number of anilines is 1. The molecule has 4 N–H and O–H groups in total. The lowest BCUT2D eigenvalue weighted by molar-refractivity contribution is 0.0288. The van der Waals surface area contributed by atoms with Crippen LogP contribution in [-0.2, 0) is 11.8 Å². The molecule has 4 heteroatoms. The van der Waals surface area contributed by atoms with Gasteiger partial charge in [-0.25, -0.2) is 0 Å². The summed E-state index contributed by atoms with van der Waals surface area (Å²) in [7, 11) is 0. The number of fused-ring (bicyclic) bond motifs is 4. The van der Waals surface area contributed by atoms with Crippen LogP contribution in [0.4, 0.5) is 5.69 Å². The molecule has 1 unspecified atom stereocenters. The van der Waals surface area contributed by atoms with E-state index in [0.29, 0.717) is 23.2 Å². The normalized spacial score (nSPS) is 33.3. The molecule has 23 heavy (non-hydrogen) atoms. The maximum Gasteiger partial charge on any atom is 0.250 e. The molecule has 0 radical (unpaired) electrons. The Labute approximate surface area is 138 Å². The minimum Gasteiger partial charge on any atom is -0.398 e. The van der Waals surface area contributed by atoms with Gasteiger partial charge in [-0.2, -0.15) is 0 Å². The number of benzene rings is 1. The smallest absolute Gasteiger partial charge is 0.250 e. The average molecular weight is 313 g/mol. The summed E-state index contributed by atoms with van der Waals surface area (Å²) in [6, 6.07) is 4.50. The Hall–Kier alpha value is -1.55. The van der Waals surface area contributed by atoms with Gasteiger partial charge in [0.2, 0.25) is 0 Å². The third-order valence-corrected chi connectivity index (χ3v) is 6.76. The lowest BCUT2D eigenvalue weighted by Crippen LogP contribution is -2.58. The fourth-order valence-electron chi connectivity index (χ4n) is 4.98. The predicted octanol–water partition coefficient (Wildman–Crippen LogP) is 2.30. The Kier molecular flexibility index (Phi) is 3.24. The number of nitrogens with zero attached hydrogens (tertiary/aromatic N) is 1. The Bertz CT molecular complexity index is 667. The molecule has 1 aromatic carbocycles. The highest BCUT2D eigenvalue weighted by molar-refractivity contribution is 5.99. The SMILES string of the molecule is CC1[C@H]2Cc3ccc(C(N)=O)c(N)c3[C@]1(C)CCN2CC1CC1. The van der Waals surface area contributed by atoms with E-state index in [0.717, 1.165) is 25.3 Å². The second-order valence-corrected chi connectivity index (χ2v) is 8.09. The number of likely N-dealkylation sites (tertiary alicyclic amines) is 1. The van der Waals surface area contributed by atoms with Gasteiger partial charge in [0, 0.05) is 23.7 Å². The van der Waals surface area contributed by atoms with Crippen LogP contribution in [0.25, 0.3) is 0 Å². The van der Waals surface area contributed by atoms with E-state index in [1.165, 1.54) is 30.5 Å². The van der Waals surface area contributed by atoms with E-state index >= 15 is 0 Å². The summed E-state index contributed by atoms with van der Waals surface area (Å²) in [5, 5.41) is 0. The zero-order valence-electron chi connectivity index (χ0n) is 14.1. The van der Waals surface area contributed by atoms with Crippen LogP contribution < -0.4 is 11.5 Å². The van der Waals surface area contributed by atoms with E-state index in [4.69, 9.17) is 11.5 Å². The highest BCUT2D eigenvalue weighted by Crippen LogP contribution is 2.51. The maximum atomic E-state index is 11.7. The van der Waals surface area contributed by atoms with Crippen molar-refractivity contribution >= 4 is 11.6 Å². The molecule has 2 bridgehead atoms. The van der Waals surface area contributed by atoms with Gasteiger partial charge in [-0.05, 0) is 61.3 Å². The lowest BCUT2D eigenvalue weighted by Gasteiger charge is -2.55. The van der Waals surface area contributed by atoms with Crippen LogP contribution in [0, 0.1) is 11.8 Å². The summed E-state index contributed by atoms with van der Waals surface area (Å²) >= 11 is 0. The van der Waals surface area contributed by atoms with Crippen LogP contribution in [0.3, 0.4) is 0 Å². The number of amides is 1. The number of primary amides is 1. The molecule has 1 saturated heterocycles. The van der Waals surface area contributed by atoms with Gasteiger partial charge in [0.05, 0.1) is 5.56 Å². The molecule has 3 aliphatic rings. The molecular weight excluding hydrogens is 286 g/mol. The zero-order valence-corrected chi connectivity index (χ0v) is 14.1. The van der Waals surface area contributed by atoms with Crippen molar-refractivity contribution in [3.63, 3.8) is 0 Å². The standard InChI is InChI=1S/C19H27N3O/c1-11-15-9-13-5-6-14(18(21)23)17(20)16(13)19(11,2)7-8-22(15)10-12-3-4-12/h5-6,11-12,15H,3-4,7-10,20H2,1-2H3,(H2,21,23)/t11?,15-,19-/m1/s1. The number of hydrogen-bond donors (Lipinski definition) is 2. The fraction of sp³-hybridized carbons (Fsp3) is 0.632. The van der Waals surface area contributed by atoms with Crippen molar-refractivity contribution in [2.45, 2.75) is 51.0 Å². The Morgan fingerprint density at radius 1 is 1.39 bits per heavy atom. The first-order chi connectivity index (χ1) is 10.9. The van der Waals surface area contributed by atoms with E-state index in [1.807, 2.05) is 6.07 Å². The van der Waals surface area contributed by atoms with Crippen molar-refractivity contribution in [3.05, 3.63) is 28.8 Å². The van der Waals surface area contributed by atoms with Crippen molar-refractivity contribution in [1.82, 2.24) is 4.90 Å². The molecule has 1 saturated carbocycles. The van der Waals surface area contributed by atoms with Gasteiger partial charge >= 0.3 is 0 Å². The maximum absolute atomic E-state index is 11.7. The van der Waals surface area contributed by atoms with Crippen molar-refractivity contribution in [1.29, 1.82) is 0 Å². The number of nitrogen functional groups attached to an aromatic ring is 1. The van der Waals surface area contributed by atoms with Gasteiger partial charge in [0.25, 0.3) is 5.91 Å². The molecule has 4 rings (SSSR count). The Morgan fingerprint density at radius 3 is 2.78 bits per heavy atom. The second kappa shape index (κ2) is 4.97. The number of piperidine rings is 1. The van der Waals surface area contributed by atoms with Crippen LogP contribution in [0.5, 0.6) is 0 Å². The molecule has 124 valence electrons. The summed E-state index contributed by atoms with van der Waals surface area (Å²) in [6.07, 6.45) is 4.96. The van der Waals surface area contributed by atoms with E-state index in [9.17, 15) is 4.79 Å². The first-order valence-electron chi connectivity index (χ1n) is 8.87. The second-order valence-electron chi connectivity index (χ2n) is 8.09. The molecule has 1 aliphatic heterocycles. The minimum atomic E-state index is -0.421. The summed E-state index contributed by atoms with van der Waals surface area (Å²) in [5.41, 5.74) is 15.6. The molecule has 1 amide bonds. The number of carbonyl (C=O) groups is 1.